The van der Waals surface area contributed by atoms with Crippen LogP contribution in [0.5, 0.6) is 5.88 Å². The predicted molar refractivity (Wildman–Crippen MR) is 100 cm³/mol. The van der Waals surface area contributed by atoms with Gasteiger partial charge in [-0.2, -0.15) is 5.26 Å². The topological polar surface area (TPSA) is 87.1 Å². The Hall–Kier alpha value is -3.02. The first-order valence-corrected chi connectivity index (χ1v) is 9.01. The van der Waals surface area contributed by atoms with Crippen LogP contribution in [0.4, 0.5) is 4.39 Å². The van der Waals surface area contributed by atoms with Crippen molar-refractivity contribution in [3.63, 3.8) is 0 Å². The first-order valence-electron chi connectivity index (χ1n) is 9.01. The lowest BCUT2D eigenvalue weighted by Gasteiger charge is -2.15. The number of benzene rings is 1. The lowest BCUT2D eigenvalue weighted by molar-refractivity contribution is 0.00861. The summed E-state index contributed by atoms with van der Waals surface area (Å²) >= 11 is 0. The zero-order valence-electron chi connectivity index (χ0n) is 15.4. The van der Waals surface area contributed by atoms with Crippen LogP contribution in [0.3, 0.4) is 0 Å². The minimum absolute atomic E-state index is 0.187. The zero-order chi connectivity index (χ0) is 19.5. The van der Waals surface area contributed by atoms with Crippen LogP contribution >= 0.6 is 0 Å². The second kappa shape index (κ2) is 7.92. The number of H-pyrrole nitrogens is 1. The smallest absolute Gasteiger partial charge is 0.213 e. The molecule has 0 bridgehead atoms. The predicted octanol–water partition coefficient (Wildman–Crippen LogP) is 2.58. The molecule has 0 spiro atoms. The third-order valence-corrected chi connectivity index (χ3v) is 4.74. The number of nitrogens with zero attached hydrogens (tertiary/aromatic N) is 4. The minimum Gasteiger partial charge on any atom is -0.481 e. The van der Waals surface area contributed by atoms with Crippen LogP contribution in [0, 0.1) is 11.3 Å². The molecular formula is C20H20FN5O2. The molecule has 1 saturated heterocycles. The number of nitriles is 1. The molecule has 1 fully saturated rings. The normalized spacial score (nSPS) is 19.8. The summed E-state index contributed by atoms with van der Waals surface area (Å²) in [5.74, 6) is 1.16. The molecule has 2 unspecified atom stereocenters. The lowest BCUT2D eigenvalue weighted by Crippen LogP contribution is -2.24. The van der Waals surface area contributed by atoms with Crippen LogP contribution in [0.2, 0.25) is 0 Å². The second-order valence-corrected chi connectivity index (χ2v) is 6.76. The van der Waals surface area contributed by atoms with Crippen molar-refractivity contribution >= 4 is 11.0 Å². The monoisotopic (exact) mass is 381 g/mol. The summed E-state index contributed by atoms with van der Waals surface area (Å²) in [5.41, 5.74) is 2.92. The van der Waals surface area contributed by atoms with Crippen LogP contribution in [-0.2, 0) is 17.9 Å². The lowest BCUT2D eigenvalue weighted by atomic mass is 10.2. The van der Waals surface area contributed by atoms with E-state index in [1.165, 1.54) is 0 Å². The van der Waals surface area contributed by atoms with E-state index in [4.69, 9.17) is 14.7 Å². The maximum atomic E-state index is 14.4. The largest absolute Gasteiger partial charge is 0.481 e. The standard InChI is InChI=1S/C20H20FN5O2/c1-27-20-4-2-3-14(23-20)9-26-10-15(21)18(11-26)28-12-19-24-16-6-5-13(8-22)7-17(16)25-19/h2-7,15,18H,9-12H2,1H3,(H,24,25). The Labute approximate surface area is 161 Å². The van der Waals surface area contributed by atoms with Crippen molar-refractivity contribution in [2.45, 2.75) is 25.4 Å². The molecule has 1 aromatic carbocycles. The van der Waals surface area contributed by atoms with Gasteiger partial charge in [-0.15, -0.1) is 0 Å². The number of halogens is 1. The summed E-state index contributed by atoms with van der Waals surface area (Å²) in [5, 5.41) is 8.97. The van der Waals surface area contributed by atoms with Crippen molar-refractivity contribution in [2.24, 2.45) is 0 Å². The third kappa shape index (κ3) is 3.96. The number of pyridine rings is 1. The molecule has 28 heavy (non-hydrogen) atoms. The molecule has 1 aliphatic heterocycles. The van der Waals surface area contributed by atoms with Crippen LogP contribution in [0.25, 0.3) is 11.0 Å². The Bertz CT molecular complexity index is 1020. The van der Waals surface area contributed by atoms with Gasteiger partial charge < -0.3 is 14.5 Å². The Morgan fingerprint density at radius 1 is 1.29 bits per heavy atom. The van der Waals surface area contributed by atoms with Gasteiger partial charge in [0.15, 0.2) is 0 Å². The molecule has 2 aromatic heterocycles. The number of methoxy groups -OCH3 is 1. The fourth-order valence-corrected chi connectivity index (χ4v) is 3.37. The number of aromatic amines is 1. The van der Waals surface area contributed by atoms with E-state index in [0.29, 0.717) is 36.9 Å². The van der Waals surface area contributed by atoms with Gasteiger partial charge in [-0.25, -0.2) is 14.4 Å². The Morgan fingerprint density at radius 2 is 2.18 bits per heavy atom. The zero-order valence-corrected chi connectivity index (χ0v) is 15.4. The van der Waals surface area contributed by atoms with Crippen LogP contribution in [-0.4, -0.2) is 52.3 Å². The van der Waals surface area contributed by atoms with Crippen molar-refractivity contribution in [1.82, 2.24) is 19.9 Å². The molecule has 7 nitrogen and oxygen atoms in total. The fraction of sp³-hybridized carbons (Fsp3) is 0.350. The van der Waals surface area contributed by atoms with Gasteiger partial charge in [-0.1, -0.05) is 6.07 Å². The number of aromatic nitrogens is 3. The number of likely N-dealkylation sites (tertiary alicyclic amines) is 1. The van der Waals surface area contributed by atoms with Gasteiger partial charge in [-0.05, 0) is 24.3 Å². The van der Waals surface area contributed by atoms with Crippen molar-refractivity contribution in [2.75, 3.05) is 20.2 Å². The van der Waals surface area contributed by atoms with E-state index in [2.05, 4.69) is 21.0 Å². The van der Waals surface area contributed by atoms with Crippen LogP contribution in [0.15, 0.2) is 36.4 Å². The molecule has 1 aliphatic rings. The van der Waals surface area contributed by atoms with Crippen molar-refractivity contribution in [3.8, 4) is 11.9 Å². The fourth-order valence-electron chi connectivity index (χ4n) is 3.37. The summed E-state index contributed by atoms with van der Waals surface area (Å²) in [6.45, 7) is 1.51. The number of ether oxygens (including phenoxy) is 2. The number of fused-ring (bicyclic) bond motifs is 1. The molecule has 8 heteroatoms. The van der Waals surface area contributed by atoms with Gasteiger partial charge >= 0.3 is 0 Å². The van der Waals surface area contributed by atoms with Crippen LogP contribution in [0.1, 0.15) is 17.1 Å². The van der Waals surface area contributed by atoms with Gasteiger partial charge in [0.1, 0.15) is 24.7 Å². The first kappa shape index (κ1) is 18.3. The molecule has 144 valence electrons. The maximum Gasteiger partial charge on any atom is 0.213 e. The molecule has 2 atom stereocenters. The summed E-state index contributed by atoms with van der Waals surface area (Å²) in [6, 6.07) is 12.9. The van der Waals surface area contributed by atoms with E-state index in [1.807, 2.05) is 17.0 Å². The van der Waals surface area contributed by atoms with E-state index in [1.54, 1.807) is 31.4 Å². The highest BCUT2D eigenvalue weighted by Crippen LogP contribution is 2.21. The highest BCUT2D eigenvalue weighted by Gasteiger charge is 2.34. The second-order valence-electron chi connectivity index (χ2n) is 6.76. The summed E-state index contributed by atoms with van der Waals surface area (Å²) < 4.78 is 25.3. The highest BCUT2D eigenvalue weighted by molar-refractivity contribution is 5.76. The average Bonchev–Trinajstić information content (AvgIpc) is 3.28. The number of rotatable bonds is 6. The number of imidazole rings is 1. The molecule has 0 amide bonds. The Kier molecular flexibility index (Phi) is 5.19. The summed E-state index contributed by atoms with van der Waals surface area (Å²) in [6.07, 6.45) is -1.59. The Balaban J connectivity index is 1.35. The third-order valence-electron chi connectivity index (χ3n) is 4.74. The van der Waals surface area contributed by atoms with Crippen LogP contribution < -0.4 is 4.74 Å². The molecule has 0 radical (unpaired) electrons. The maximum absolute atomic E-state index is 14.4. The van der Waals surface area contributed by atoms with Gasteiger partial charge in [-0.3, -0.25) is 4.90 Å². The number of alkyl halides is 1. The van der Waals surface area contributed by atoms with Crippen molar-refractivity contribution in [1.29, 1.82) is 5.26 Å². The Morgan fingerprint density at radius 3 is 3.00 bits per heavy atom. The molecular weight excluding hydrogens is 361 g/mol. The van der Waals surface area contributed by atoms with Gasteiger partial charge in [0.25, 0.3) is 0 Å². The van der Waals surface area contributed by atoms with Crippen molar-refractivity contribution < 1.29 is 13.9 Å². The molecule has 3 heterocycles. The van der Waals surface area contributed by atoms with Crippen molar-refractivity contribution in [3.05, 3.63) is 53.5 Å². The van der Waals surface area contributed by atoms with E-state index in [9.17, 15) is 4.39 Å². The number of hydrogen-bond acceptors (Lipinski definition) is 6. The minimum atomic E-state index is -1.07. The molecule has 3 aromatic rings. The van der Waals surface area contributed by atoms with E-state index >= 15 is 0 Å². The quantitative estimate of drug-likeness (QED) is 0.706. The van der Waals surface area contributed by atoms with E-state index < -0.39 is 12.3 Å². The molecule has 4 rings (SSSR count). The summed E-state index contributed by atoms with van der Waals surface area (Å²) in [4.78, 5) is 13.9. The van der Waals surface area contributed by atoms with Gasteiger partial charge in [0.2, 0.25) is 5.88 Å². The average molecular weight is 381 g/mol. The molecule has 1 N–H and O–H groups in total. The number of hydrogen-bond donors (Lipinski definition) is 1. The van der Waals surface area contributed by atoms with Gasteiger partial charge in [0, 0.05) is 25.7 Å². The number of nitrogens with one attached hydrogen (secondary N) is 1. The molecule has 0 saturated carbocycles. The molecule has 0 aliphatic carbocycles. The van der Waals surface area contributed by atoms with Gasteiger partial charge in [0.05, 0.1) is 35.5 Å². The highest BCUT2D eigenvalue weighted by atomic mass is 19.1. The van der Waals surface area contributed by atoms with E-state index in [0.717, 1.165) is 16.7 Å². The van der Waals surface area contributed by atoms with E-state index in [-0.39, 0.29) is 6.61 Å². The summed E-state index contributed by atoms with van der Waals surface area (Å²) in [7, 11) is 1.57. The first-order chi connectivity index (χ1) is 13.6. The SMILES string of the molecule is COc1cccc(CN2CC(F)C(OCc3nc4ccc(C#N)cc4[nH]3)C2)n1.